The summed E-state index contributed by atoms with van der Waals surface area (Å²) in [4.78, 5) is 14.3. The van der Waals surface area contributed by atoms with E-state index < -0.39 is 6.10 Å². The molecule has 5 heteroatoms. The number of aromatic nitrogens is 2. The van der Waals surface area contributed by atoms with E-state index in [0.29, 0.717) is 19.5 Å². The van der Waals surface area contributed by atoms with Gasteiger partial charge in [0.25, 0.3) is 0 Å². The molecular formula is C19H25N3O2. The minimum atomic E-state index is -0.522. The third kappa shape index (κ3) is 4.80. The summed E-state index contributed by atoms with van der Waals surface area (Å²) in [6, 6.07) is 9.80. The quantitative estimate of drug-likeness (QED) is 0.795. The highest BCUT2D eigenvalue weighted by Crippen LogP contribution is 2.11. The van der Waals surface area contributed by atoms with Crippen LogP contribution in [-0.4, -0.2) is 38.3 Å². The van der Waals surface area contributed by atoms with Gasteiger partial charge in [-0.1, -0.05) is 37.3 Å². The van der Waals surface area contributed by atoms with Gasteiger partial charge in [0.2, 0.25) is 5.91 Å². The highest BCUT2D eigenvalue weighted by molar-refractivity contribution is 5.91. The molecule has 2 rings (SSSR count). The number of benzene rings is 1. The molecule has 0 saturated carbocycles. The monoisotopic (exact) mass is 327 g/mol. The first kappa shape index (κ1) is 17.9. The maximum Gasteiger partial charge on any atom is 0.246 e. The lowest BCUT2D eigenvalue weighted by atomic mass is 10.1. The largest absolute Gasteiger partial charge is 0.391 e. The van der Waals surface area contributed by atoms with Crippen molar-refractivity contribution in [1.82, 2.24) is 14.7 Å². The summed E-state index contributed by atoms with van der Waals surface area (Å²) in [5, 5.41) is 14.1. The molecule has 1 aromatic heterocycles. The molecule has 0 saturated heterocycles. The number of hydrogen-bond acceptors (Lipinski definition) is 3. The maximum atomic E-state index is 12.6. The molecule has 0 bridgehead atoms. The number of carbonyl (C=O) groups is 1. The van der Waals surface area contributed by atoms with Crippen molar-refractivity contribution in [3.8, 4) is 0 Å². The van der Waals surface area contributed by atoms with Crippen molar-refractivity contribution in [3.05, 3.63) is 59.4 Å². The molecule has 128 valence electrons. The average molecular weight is 327 g/mol. The van der Waals surface area contributed by atoms with Crippen LogP contribution in [0.2, 0.25) is 0 Å². The fourth-order valence-corrected chi connectivity index (χ4v) is 2.37. The second-order valence-electron chi connectivity index (χ2n) is 5.91. The zero-order chi connectivity index (χ0) is 17.5. The second-order valence-corrected chi connectivity index (χ2v) is 5.91. The maximum absolute atomic E-state index is 12.6. The molecule has 0 aliphatic heterocycles. The number of aliphatic hydroxyl groups excluding tert-OH is 1. The molecule has 0 spiro atoms. The normalized spacial score (nSPS) is 12.5. The molecule has 5 nitrogen and oxygen atoms in total. The van der Waals surface area contributed by atoms with E-state index in [2.05, 4.69) is 5.10 Å². The Kier molecular flexibility index (Phi) is 6.32. The predicted octanol–water partition coefficient (Wildman–Crippen LogP) is 2.54. The van der Waals surface area contributed by atoms with Gasteiger partial charge in [-0.05, 0) is 25.0 Å². The van der Waals surface area contributed by atoms with Gasteiger partial charge >= 0.3 is 0 Å². The Morgan fingerprint density at radius 2 is 2.08 bits per heavy atom. The molecular weight excluding hydrogens is 302 g/mol. The topological polar surface area (TPSA) is 58.4 Å². The van der Waals surface area contributed by atoms with Crippen LogP contribution in [0.4, 0.5) is 0 Å². The van der Waals surface area contributed by atoms with Gasteiger partial charge in [0.15, 0.2) is 0 Å². The number of nitrogens with zero attached hydrogens (tertiary/aromatic N) is 3. The third-order valence-electron chi connectivity index (χ3n) is 4.11. The summed E-state index contributed by atoms with van der Waals surface area (Å²) in [5.74, 6) is -0.116. The van der Waals surface area contributed by atoms with Crippen molar-refractivity contribution in [2.75, 3.05) is 6.54 Å². The van der Waals surface area contributed by atoms with Gasteiger partial charge in [-0.3, -0.25) is 9.48 Å². The van der Waals surface area contributed by atoms with E-state index in [-0.39, 0.29) is 5.91 Å². The molecule has 0 aliphatic rings. The Morgan fingerprint density at radius 1 is 1.38 bits per heavy atom. The van der Waals surface area contributed by atoms with Crippen LogP contribution in [0.1, 0.15) is 30.2 Å². The Labute approximate surface area is 143 Å². The van der Waals surface area contributed by atoms with E-state index >= 15 is 0 Å². The minimum absolute atomic E-state index is 0.116. The molecule has 1 heterocycles. The van der Waals surface area contributed by atoms with Crippen molar-refractivity contribution in [3.63, 3.8) is 0 Å². The van der Waals surface area contributed by atoms with Crippen molar-refractivity contribution in [1.29, 1.82) is 0 Å². The van der Waals surface area contributed by atoms with Crippen LogP contribution < -0.4 is 0 Å². The highest BCUT2D eigenvalue weighted by atomic mass is 16.3. The molecule has 0 fully saturated rings. The summed E-state index contributed by atoms with van der Waals surface area (Å²) in [6.07, 6.45) is 5.16. The van der Waals surface area contributed by atoms with Gasteiger partial charge < -0.3 is 10.0 Å². The summed E-state index contributed by atoms with van der Waals surface area (Å²) in [5.41, 5.74) is 2.96. The van der Waals surface area contributed by atoms with Gasteiger partial charge in [-0.25, -0.2) is 0 Å². The molecule has 1 unspecified atom stereocenters. The SMILES string of the molecule is CCC(O)CN(Cc1ccccc1)C(=O)/C=C/c1cnn(C)c1C. The molecule has 0 radical (unpaired) electrons. The van der Waals surface area contributed by atoms with Crippen molar-refractivity contribution < 1.29 is 9.90 Å². The molecule has 24 heavy (non-hydrogen) atoms. The van der Waals surface area contributed by atoms with Crippen molar-refractivity contribution in [2.45, 2.75) is 32.9 Å². The number of rotatable bonds is 7. The van der Waals surface area contributed by atoms with Crippen LogP contribution in [0, 0.1) is 6.92 Å². The highest BCUT2D eigenvalue weighted by Gasteiger charge is 2.15. The first-order valence-corrected chi connectivity index (χ1v) is 8.18. The van der Waals surface area contributed by atoms with Crippen LogP contribution in [0.3, 0.4) is 0 Å². The van der Waals surface area contributed by atoms with Gasteiger partial charge in [-0.15, -0.1) is 0 Å². The summed E-state index contributed by atoms with van der Waals surface area (Å²) >= 11 is 0. The Balaban J connectivity index is 2.12. The van der Waals surface area contributed by atoms with E-state index in [1.807, 2.05) is 51.2 Å². The number of amides is 1. The molecule has 1 atom stereocenters. The van der Waals surface area contributed by atoms with Gasteiger partial charge in [0, 0.05) is 37.5 Å². The number of aliphatic hydroxyl groups is 1. The van der Waals surface area contributed by atoms with E-state index in [0.717, 1.165) is 16.8 Å². The lowest BCUT2D eigenvalue weighted by molar-refractivity contribution is -0.128. The van der Waals surface area contributed by atoms with Crippen molar-refractivity contribution >= 4 is 12.0 Å². The Morgan fingerprint density at radius 3 is 2.67 bits per heavy atom. The lowest BCUT2D eigenvalue weighted by Crippen LogP contribution is -2.35. The van der Waals surface area contributed by atoms with Crippen molar-refractivity contribution in [2.24, 2.45) is 7.05 Å². The zero-order valence-electron chi connectivity index (χ0n) is 14.5. The van der Waals surface area contributed by atoms with E-state index in [1.165, 1.54) is 0 Å². The van der Waals surface area contributed by atoms with Gasteiger partial charge in [-0.2, -0.15) is 5.10 Å². The number of hydrogen-bond donors (Lipinski definition) is 1. The third-order valence-corrected chi connectivity index (χ3v) is 4.11. The Hall–Kier alpha value is -2.40. The van der Waals surface area contributed by atoms with Crippen LogP contribution in [0.15, 0.2) is 42.6 Å². The minimum Gasteiger partial charge on any atom is -0.391 e. The fourth-order valence-electron chi connectivity index (χ4n) is 2.37. The van der Waals surface area contributed by atoms with E-state index in [4.69, 9.17) is 0 Å². The second kappa shape index (κ2) is 8.45. The Bertz CT molecular complexity index is 692. The van der Waals surface area contributed by atoms with Gasteiger partial charge in [0.1, 0.15) is 0 Å². The predicted molar refractivity (Wildman–Crippen MR) is 95.1 cm³/mol. The standard InChI is InChI=1S/C19H25N3O2/c1-4-18(23)14-22(13-16-8-6-5-7-9-16)19(24)11-10-17-12-20-21(3)15(17)2/h5-12,18,23H,4,13-14H2,1-3H3/b11-10+. The van der Waals surface area contributed by atoms with E-state index in [9.17, 15) is 9.90 Å². The zero-order valence-corrected chi connectivity index (χ0v) is 14.5. The summed E-state index contributed by atoms with van der Waals surface area (Å²) < 4.78 is 1.77. The molecule has 0 aliphatic carbocycles. The molecule has 1 amide bonds. The summed E-state index contributed by atoms with van der Waals surface area (Å²) in [7, 11) is 1.87. The van der Waals surface area contributed by atoms with Crippen LogP contribution >= 0.6 is 0 Å². The first-order valence-electron chi connectivity index (χ1n) is 8.18. The van der Waals surface area contributed by atoms with Gasteiger partial charge in [0.05, 0.1) is 12.3 Å². The first-order chi connectivity index (χ1) is 11.5. The number of aryl methyl sites for hydroxylation is 1. The smallest absolute Gasteiger partial charge is 0.246 e. The van der Waals surface area contributed by atoms with Crippen LogP contribution in [0.5, 0.6) is 0 Å². The van der Waals surface area contributed by atoms with Crippen LogP contribution in [-0.2, 0) is 18.4 Å². The molecule has 1 N–H and O–H groups in total. The van der Waals surface area contributed by atoms with Crippen LogP contribution in [0.25, 0.3) is 6.08 Å². The molecule has 2 aromatic rings. The number of carbonyl (C=O) groups excluding carboxylic acids is 1. The van der Waals surface area contributed by atoms with E-state index in [1.54, 1.807) is 27.9 Å². The fraction of sp³-hybridized carbons (Fsp3) is 0.368. The average Bonchev–Trinajstić information content (AvgIpc) is 2.91. The summed E-state index contributed by atoms with van der Waals surface area (Å²) in [6.45, 7) is 4.66. The molecule has 1 aromatic carbocycles. The lowest BCUT2D eigenvalue weighted by Gasteiger charge is -2.24.